The van der Waals surface area contributed by atoms with Gasteiger partial charge in [0.05, 0.1) is 0 Å². The molecular formula is C17H15NO2. The van der Waals surface area contributed by atoms with Crippen molar-refractivity contribution in [2.45, 2.75) is 19.1 Å². The van der Waals surface area contributed by atoms with Gasteiger partial charge in [-0.05, 0) is 5.56 Å². The number of ketones is 1. The smallest absolute Gasteiger partial charge is 0.205 e. The number of ether oxygens (including phenoxy) is 1. The highest BCUT2D eigenvalue weighted by atomic mass is 16.5. The average Bonchev–Trinajstić information content (AvgIpc) is 2.90. The minimum Gasteiger partial charge on any atom is -0.467 e. The van der Waals surface area contributed by atoms with Gasteiger partial charge in [-0.3, -0.25) is 4.79 Å². The number of benzene rings is 2. The molecule has 0 saturated carbocycles. The van der Waals surface area contributed by atoms with Gasteiger partial charge in [-0.1, -0.05) is 60.7 Å². The molecule has 1 aliphatic rings. The zero-order valence-electron chi connectivity index (χ0n) is 11.2. The fraction of sp³-hybridized carbons (Fsp3) is 0.176. The Morgan fingerprint density at radius 2 is 1.60 bits per heavy atom. The Hall–Kier alpha value is -2.42. The molecule has 1 unspecified atom stereocenters. The van der Waals surface area contributed by atoms with Crippen LogP contribution in [-0.2, 0) is 4.74 Å². The number of nitrogens with zero attached hydrogens (tertiary/aromatic N) is 1. The third-order valence-corrected chi connectivity index (χ3v) is 3.36. The van der Waals surface area contributed by atoms with Crippen molar-refractivity contribution in [3.05, 3.63) is 71.8 Å². The van der Waals surface area contributed by atoms with Gasteiger partial charge >= 0.3 is 0 Å². The summed E-state index contributed by atoms with van der Waals surface area (Å²) in [6, 6.07) is 18.7. The van der Waals surface area contributed by atoms with Crippen LogP contribution in [0.15, 0.2) is 65.7 Å². The van der Waals surface area contributed by atoms with Crippen molar-refractivity contribution in [3.8, 4) is 0 Å². The lowest BCUT2D eigenvalue weighted by molar-refractivity contribution is 0.0772. The molecule has 2 atom stereocenters. The normalized spacial score (nSPS) is 21.1. The molecule has 20 heavy (non-hydrogen) atoms. The summed E-state index contributed by atoms with van der Waals surface area (Å²) in [5.41, 5.74) is 1.65. The van der Waals surface area contributed by atoms with Gasteiger partial charge in [-0.15, -0.1) is 0 Å². The largest absolute Gasteiger partial charge is 0.467 e. The van der Waals surface area contributed by atoms with E-state index in [1.165, 1.54) is 0 Å². The maximum atomic E-state index is 12.6. The summed E-state index contributed by atoms with van der Waals surface area (Å²) in [6.07, 6.45) is -0.570. The van der Waals surface area contributed by atoms with Crippen molar-refractivity contribution >= 4 is 11.7 Å². The van der Waals surface area contributed by atoms with Crippen LogP contribution >= 0.6 is 0 Å². The van der Waals surface area contributed by atoms with E-state index < -0.39 is 6.10 Å². The van der Waals surface area contributed by atoms with Crippen LogP contribution in [0.4, 0.5) is 0 Å². The predicted octanol–water partition coefficient (Wildman–Crippen LogP) is 3.43. The molecule has 0 N–H and O–H groups in total. The van der Waals surface area contributed by atoms with Crippen molar-refractivity contribution in [1.29, 1.82) is 0 Å². The first-order valence-electron chi connectivity index (χ1n) is 6.61. The average molecular weight is 265 g/mol. The fourth-order valence-corrected chi connectivity index (χ4v) is 2.41. The lowest BCUT2D eigenvalue weighted by Crippen LogP contribution is -2.27. The van der Waals surface area contributed by atoms with E-state index in [0.717, 1.165) is 5.56 Å². The van der Waals surface area contributed by atoms with E-state index in [1.54, 1.807) is 19.1 Å². The van der Waals surface area contributed by atoms with E-state index in [1.807, 2.05) is 48.5 Å². The first-order chi connectivity index (χ1) is 9.75. The molecule has 0 spiro atoms. The van der Waals surface area contributed by atoms with Crippen molar-refractivity contribution in [2.24, 2.45) is 4.99 Å². The van der Waals surface area contributed by atoms with Crippen LogP contribution in [0.1, 0.15) is 28.9 Å². The number of hydrogen-bond acceptors (Lipinski definition) is 3. The standard InChI is InChI=1S/C17H15NO2/c1-12-18-15(13-8-4-2-5-9-13)17(20-12)16(19)14-10-6-3-7-11-14/h2-11,15,17H,1H3/t15?,17-/m0/s1. The highest BCUT2D eigenvalue weighted by Crippen LogP contribution is 2.31. The SMILES string of the molecule is CC1=NC(c2ccccc2)[C@@H](C(=O)c2ccccc2)O1. The minimum atomic E-state index is -0.570. The van der Waals surface area contributed by atoms with E-state index in [4.69, 9.17) is 4.74 Å². The number of Topliss-reactive ketones (excluding diaryl/α,β-unsaturated/α-hetero) is 1. The summed E-state index contributed by atoms with van der Waals surface area (Å²) >= 11 is 0. The van der Waals surface area contributed by atoms with E-state index in [9.17, 15) is 4.79 Å². The van der Waals surface area contributed by atoms with Crippen molar-refractivity contribution in [2.75, 3.05) is 0 Å². The van der Waals surface area contributed by atoms with Gasteiger partial charge in [-0.2, -0.15) is 0 Å². The number of carbonyl (C=O) groups excluding carboxylic acids is 1. The molecule has 2 aromatic carbocycles. The first kappa shape index (κ1) is 12.6. The van der Waals surface area contributed by atoms with Gasteiger partial charge < -0.3 is 4.74 Å². The minimum absolute atomic E-state index is 0.0277. The molecule has 0 amide bonds. The summed E-state index contributed by atoms with van der Waals surface area (Å²) in [5.74, 6) is 0.535. The van der Waals surface area contributed by atoms with Crippen LogP contribution in [-0.4, -0.2) is 17.8 Å². The Morgan fingerprint density at radius 1 is 1.00 bits per heavy atom. The van der Waals surface area contributed by atoms with Crippen molar-refractivity contribution in [1.82, 2.24) is 0 Å². The molecule has 0 aliphatic carbocycles. The highest BCUT2D eigenvalue weighted by molar-refractivity contribution is 6.02. The third kappa shape index (κ3) is 2.35. The molecule has 3 heteroatoms. The van der Waals surface area contributed by atoms with Gasteiger partial charge in [0.2, 0.25) is 5.78 Å². The Bertz CT molecular complexity index is 635. The lowest BCUT2D eigenvalue weighted by atomic mass is 9.96. The number of hydrogen-bond donors (Lipinski definition) is 0. The summed E-state index contributed by atoms with van der Waals surface area (Å²) in [5, 5.41) is 0. The van der Waals surface area contributed by atoms with Gasteiger partial charge in [0.1, 0.15) is 6.04 Å². The number of carbonyl (C=O) groups is 1. The van der Waals surface area contributed by atoms with Gasteiger partial charge in [-0.25, -0.2) is 4.99 Å². The topological polar surface area (TPSA) is 38.7 Å². The Labute approximate surface area is 117 Å². The Balaban J connectivity index is 1.92. The second kappa shape index (κ2) is 5.29. The molecule has 2 aromatic rings. The molecular weight excluding hydrogens is 250 g/mol. The molecule has 1 heterocycles. The molecule has 100 valence electrons. The quantitative estimate of drug-likeness (QED) is 0.797. The first-order valence-corrected chi connectivity index (χ1v) is 6.61. The van der Waals surface area contributed by atoms with Crippen LogP contribution in [0, 0.1) is 0 Å². The van der Waals surface area contributed by atoms with Crippen molar-refractivity contribution in [3.63, 3.8) is 0 Å². The van der Waals surface area contributed by atoms with Crippen LogP contribution in [0.3, 0.4) is 0 Å². The summed E-state index contributed by atoms with van der Waals surface area (Å²) in [6.45, 7) is 1.79. The monoisotopic (exact) mass is 265 g/mol. The second-order valence-electron chi connectivity index (χ2n) is 4.77. The van der Waals surface area contributed by atoms with E-state index in [0.29, 0.717) is 11.5 Å². The molecule has 3 rings (SSSR count). The highest BCUT2D eigenvalue weighted by Gasteiger charge is 2.36. The molecule has 0 radical (unpaired) electrons. The molecule has 0 bridgehead atoms. The molecule has 0 fully saturated rings. The Kier molecular flexibility index (Phi) is 3.33. The lowest BCUT2D eigenvalue weighted by Gasteiger charge is -2.16. The van der Waals surface area contributed by atoms with Gasteiger partial charge in [0.15, 0.2) is 12.0 Å². The molecule has 0 aromatic heterocycles. The fourth-order valence-electron chi connectivity index (χ4n) is 2.41. The van der Waals surface area contributed by atoms with E-state index in [2.05, 4.69) is 4.99 Å². The van der Waals surface area contributed by atoms with Crippen LogP contribution in [0.5, 0.6) is 0 Å². The third-order valence-electron chi connectivity index (χ3n) is 3.36. The van der Waals surface area contributed by atoms with Crippen LogP contribution < -0.4 is 0 Å². The second-order valence-corrected chi connectivity index (χ2v) is 4.77. The van der Waals surface area contributed by atoms with Crippen molar-refractivity contribution < 1.29 is 9.53 Å². The van der Waals surface area contributed by atoms with Crippen LogP contribution in [0.25, 0.3) is 0 Å². The van der Waals surface area contributed by atoms with E-state index >= 15 is 0 Å². The van der Waals surface area contributed by atoms with Crippen LogP contribution in [0.2, 0.25) is 0 Å². The Morgan fingerprint density at radius 3 is 2.25 bits per heavy atom. The zero-order chi connectivity index (χ0) is 13.9. The van der Waals surface area contributed by atoms with Gasteiger partial charge in [0.25, 0.3) is 0 Å². The summed E-state index contributed by atoms with van der Waals surface area (Å²) in [4.78, 5) is 17.0. The molecule has 0 saturated heterocycles. The summed E-state index contributed by atoms with van der Waals surface area (Å²) in [7, 11) is 0. The maximum absolute atomic E-state index is 12.6. The summed E-state index contributed by atoms with van der Waals surface area (Å²) < 4.78 is 5.64. The zero-order valence-corrected chi connectivity index (χ0v) is 11.2. The van der Waals surface area contributed by atoms with Gasteiger partial charge in [0, 0.05) is 12.5 Å². The molecule has 1 aliphatic heterocycles. The maximum Gasteiger partial charge on any atom is 0.205 e. The predicted molar refractivity (Wildman–Crippen MR) is 77.9 cm³/mol. The number of aliphatic imine (C=N–C) groups is 1. The van der Waals surface area contributed by atoms with E-state index in [-0.39, 0.29) is 11.8 Å². The number of rotatable bonds is 3. The molecule has 3 nitrogen and oxygen atoms in total.